The van der Waals surface area contributed by atoms with Crippen LogP contribution in [0, 0.1) is 16.0 Å². The number of aromatic amines is 1. The molecule has 0 saturated heterocycles. The van der Waals surface area contributed by atoms with Crippen LogP contribution in [0.2, 0.25) is 0 Å². The van der Waals surface area contributed by atoms with Gasteiger partial charge in [0.15, 0.2) is 5.83 Å². The zero-order valence-electron chi connectivity index (χ0n) is 14.6. The number of ether oxygens (including phenoxy) is 1. The highest BCUT2D eigenvalue weighted by Gasteiger charge is 2.21. The second kappa shape index (κ2) is 9.82. The number of halogens is 1. The molecule has 0 aromatic carbocycles. The van der Waals surface area contributed by atoms with Gasteiger partial charge in [0.05, 0.1) is 30.1 Å². The number of allylic oxidation sites excluding steroid dienone is 3. The van der Waals surface area contributed by atoms with Gasteiger partial charge in [-0.15, -0.1) is 0 Å². The molecule has 0 spiro atoms. The molecule has 1 heterocycles. The van der Waals surface area contributed by atoms with Crippen molar-refractivity contribution in [2.24, 2.45) is 5.92 Å². The molecule has 24 heavy (non-hydrogen) atoms. The van der Waals surface area contributed by atoms with Crippen LogP contribution in [0.5, 0.6) is 0 Å². The van der Waals surface area contributed by atoms with E-state index in [9.17, 15) is 14.5 Å². The molecule has 0 bridgehead atoms. The first kappa shape index (κ1) is 19.8. The standard InChI is InChI=1S/C16H25FN4O3/c1-5-14(17)16(21(22)23)8-15(12(2)3)20(6-7-24-4)10-13-9-18-11-19-13/h8-9,11-12H,5-7,10H2,1-4H3,(H,18,19)/b15-8+,16-14-. The van der Waals surface area contributed by atoms with Crippen LogP contribution in [0.4, 0.5) is 4.39 Å². The van der Waals surface area contributed by atoms with E-state index in [0.717, 1.165) is 5.69 Å². The van der Waals surface area contributed by atoms with E-state index in [4.69, 9.17) is 4.74 Å². The molecule has 0 amide bonds. The Balaban J connectivity index is 3.23. The van der Waals surface area contributed by atoms with Crippen molar-refractivity contribution in [1.29, 1.82) is 0 Å². The van der Waals surface area contributed by atoms with Crippen LogP contribution in [0.1, 0.15) is 32.9 Å². The van der Waals surface area contributed by atoms with Gasteiger partial charge in [-0.05, 0) is 5.92 Å². The molecule has 0 aliphatic heterocycles. The Morgan fingerprint density at radius 1 is 1.58 bits per heavy atom. The van der Waals surface area contributed by atoms with Gasteiger partial charge in [0.2, 0.25) is 0 Å². The molecule has 0 fully saturated rings. The minimum absolute atomic E-state index is 0.0171. The lowest BCUT2D eigenvalue weighted by Gasteiger charge is -2.29. The van der Waals surface area contributed by atoms with Gasteiger partial charge in [0, 0.05) is 38.0 Å². The fraction of sp³-hybridized carbons (Fsp3) is 0.562. The molecule has 0 aliphatic carbocycles. The number of nitrogens with zero attached hydrogens (tertiary/aromatic N) is 3. The maximum atomic E-state index is 13.9. The molecule has 7 nitrogen and oxygen atoms in total. The van der Waals surface area contributed by atoms with E-state index >= 15 is 0 Å². The van der Waals surface area contributed by atoms with Crippen LogP contribution in [0.25, 0.3) is 0 Å². The number of methoxy groups -OCH3 is 1. The first-order valence-corrected chi connectivity index (χ1v) is 7.86. The summed E-state index contributed by atoms with van der Waals surface area (Å²) in [5, 5.41) is 11.2. The average Bonchev–Trinajstić information content (AvgIpc) is 3.04. The zero-order valence-corrected chi connectivity index (χ0v) is 14.6. The third-order valence-electron chi connectivity index (χ3n) is 3.51. The molecule has 1 aromatic rings. The molecule has 0 saturated carbocycles. The normalized spacial score (nSPS) is 13.2. The molecule has 0 radical (unpaired) electrons. The summed E-state index contributed by atoms with van der Waals surface area (Å²) in [6.45, 7) is 6.84. The zero-order chi connectivity index (χ0) is 18.1. The highest BCUT2D eigenvalue weighted by atomic mass is 19.1. The van der Waals surface area contributed by atoms with Crippen LogP contribution in [-0.4, -0.2) is 40.1 Å². The van der Waals surface area contributed by atoms with Crippen LogP contribution >= 0.6 is 0 Å². The Kier molecular flexibility index (Phi) is 8.11. The van der Waals surface area contributed by atoms with Gasteiger partial charge < -0.3 is 14.6 Å². The van der Waals surface area contributed by atoms with E-state index in [0.29, 0.717) is 25.4 Å². The Hall–Kier alpha value is -2.22. The van der Waals surface area contributed by atoms with E-state index in [-0.39, 0.29) is 12.3 Å². The monoisotopic (exact) mass is 340 g/mol. The van der Waals surface area contributed by atoms with Crippen LogP contribution < -0.4 is 0 Å². The van der Waals surface area contributed by atoms with Gasteiger partial charge in [-0.25, -0.2) is 9.37 Å². The van der Waals surface area contributed by atoms with Crippen molar-refractivity contribution < 1.29 is 14.1 Å². The van der Waals surface area contributed by atoms with Crippen LogP contribution in [-0.2, 0) is 11.3 Å². The van der Waals surface area contributed by atoms with Crippen molar-refractivity contribution in [1.82, 2.24) is 14.9 Å². The molecule has 1 rings (SSSR count). The summed E-state index contributed by atoms with van der Waals surface area (Å²) in [4.78, 5) is 19.5. The van der Waals surface area contributed by atoms with E-state index in [2.05, 4.69) is 9.97 Å². The van der Waals surface area contributed by atoms with Gasteiger partial charge in [-0.1, -0.05) is 20.8 Å². The summed E-state index contributed by atoms with van der Waals surface area (Å²) >= 11 is 0. The Morgan fingerprint density at radius 3 is 2.75 bits per heavy atom. The number of H-pyrrole nitrogens is 1. The fourth-order valence-electron chi connectivity index (χ4n) is 2.25. The molecule has 8 heteroatoms. The summed E-state index contributed by atoms with van der Waals surface area (Å²) in [6.07, 6.45) is 4.57. The number of hydrogen-bond acceptors (Lipinski definition) is 5. The van der Waals surface area contributed by atoms with Gasteiger partial charge in [-0.3, -0.25) is 10.1 Å². The predicted molar refractivity (Wildman–Crippen MR) is 89.2 cm³/mol. The van der Waals surface area contributed by atoms with Crippen molar-refractivity contribution in [3.05, 3.63) is 51.6 Å². The van der Waals surface area contributed by atoms with Gasteiger partial charge in [-0.2, -0.15) is 0 Å². The predicted octanol–water partition coefficient (Wildman–Crippen LogP) is 3.27. The topological polar surface area (TPSA) is 84.3 Å². The fourth-order valence-corrected chi connectivity index (χ4v) is 2.25. The molecule has 1 N–H and O–H groups in total. The molecular formula is C16H25FN4O3. The second-order valence-electron chi connectivity index (χ2n) is 5.62. The molecule has 134 valence electrons. The lowest BCUT2D eigenvalue weighted by atomic mass is 10.1. The summed E-state index contributed by atoms with van der Waals surface area (Å²) in [5.41, 5.74) is 1.05. The minimum Gasteiger partial charge on any atom is -0.383 e. The number of imidazole rings is 1. The average molecular weight is 340 g/mol. The molecule has 0 aliphatic rings. The van der Waals surface area contributed by atoms with Crippen molar-refractivity contribution in [2.75, 3.05) is 20.3 Å². The van der Waals surface area contributed by atoms with Crippen LogP contribution in [0.3, 0.4) is 0 Å². The Labute approximate surface area is 141 Å². The van der Waals surface area contributed by atoms with Crippen LogP contribution in [0.15, 0.2) is 35.8 Å². The first-order chi connectivity index (χ1) is 11.4. The van der Waals surface area contributed by atoms with Gasteiger partial charge in [0.1, 0.15) is 0 Å². The number of hydrogen-bond donors (Lipinski definition) is 1. The quantitative estimate of drug-likeness (QED) is 0.401. The number of nitrogens with one attached hydrogen (secondary N) is 1. The van der Waals surface area contributed by atoms with Gasteiger partial charge >= 0.3 is 5.70 Å². The summed E-state index contributed by atoms with van der Waals surface area (Å²) < 4.78 is 19.0. The maximum absolute atomic E-state index is 13.9. The van der Waals surface area contributed by atoms with Gasteiger partial charge in [0.25, 0.3) is 0 Å². The summed E-state index contributed by atoms with van der Waals surface area (Å²) in [6, 6.07) is 0. The number of aromatic nitrogens is 2. The van der Waals surface area contributed by atoms with E-state index in [1.165, 1.54) is 6.08 Å². The van der Waals surface area contributed by atoms with Crippen molar-refractivity contribution in [3.63, 3.8) is 0 Å². The van der Waals surface area contributed by atoms with E-state index in [1.807, 2.05) is 18.7 Å². The second-order valence-corrected chi connectivity index (χ2v) is 5.62. The Bertz CT molecular complexity index is 582. The molecule has 0 atom stereocenters. The smallest absolute Gasteiger partial charge is 0.302 e. The third kappa shape index (κ3) is 5.77. The minimum atomic E-state index is -0.730. The largest absolute Gasteiger partial charge is 0.383 e. The van der Waals surface area contributed by atoms with Crippen molar-refractivity contribution in [2.45, 2.75) is 33.7 Å². The first-order valence-electron chi connectivity index (χ1n) is 7.86. The SMILES string of the molecule is CC/C(F)=C(\C=C(/C(C)C)N(CCOC)Cc1cnc[nH]1)[N+](=O)[O-]. The highest BCUT2D eigenvalue weighted by molar-refractivity contribution is 5.22. The highest BCUT2D eigenvalue weighted by Crippen LogP contribution is 2.22. The maximum Gasteiger partial charge on any atom is 0.302 e. The Morgan fingerprint density at radius 2 is 2.29 bits per heavy atom. The lowest BCUT2D eigenvalue weighted by molar-refractivity contribution is -0.421. The lowest BCUT2D eigenvalue weighted by Crippen LogP contribution is -2.29. The summed E-state index contributed by atoms with van der Waals surface area (Å²) in [5.74, 6) is -0.754. The van der Waals surface area contributed by atoms with Crippen molar-refractivity contribution >= 4 is 0 Å². The number of rotatable bonds is 10. The molecule has 1 aromatic heterocycles. The van der Waals surface area contributed by atoms with E-state index in [1.54, 1.807) is 26.6 Å². The molecular weight excluding hydrogens is 315 g/mol. The third-order valence-corrected chi connectivity index (χ3v) is 3.51. The molecule has 0 unspecified atom stereocenters. The van der Waals surface area contributed by atoms with Crippen molar-refractivity contribution in [3.8, 4) is 0 Å². The van der Waals surface area contributed by atoms with E-state index < -0.39 is 16.4 Å². The number of nitro groups is 1. The summed E-state index contributed by atoms with van der Waals surface area (Å²) in [7, 11) is 1.59.